The minimum Gasteiger partial charge on any atom is -0.297 e. The van der Waals surface area contributed by atoms with Crippen LogP contribution in [0.25, 0.3) is 0 Å². The summed E-state index contributed by atoms with van der Waals surface area (Å²) < 4.78 is 0. The van der Waals surface area contributed by atoms with Gasteiger partial charge in [0.2, 0.25) is 0 Å². The summed E-state index contributed by atoms with van der Waals surface area (Å²) in [6.07, 6.45) is 2.00. The maximum atomic E-state index is 4.14. The first kappa shape index (κ1) is 5.76. The van der Waals surface area contributed by atoms with Crippen molar-refractivity contribution in [3.63, 3.8) is 0 Å². The normalized spacial score (nSPS) is 31.0. The third-order valence-electron chi connectivity index (χ3n) is 1.60. The molecule has 2 heteroatoms. The van der Waals surface area contributed by atoms with E-state index in [9.17, 15) is 0 Å². The number of rotatable bonds is 0. The molecule has 1 aliphatic heterocycles. The average Bonchev–Trinajstić information content (AvgIpc) is 1.77. The standard InChI is InChI=1S/C6H12N2/c1-6-5-7-3-4-8(6)2/h5-6H,3-4H2,1-2H3. The molecule has 0 aromatic rings. The van der Waals surface area contributed by atoms with Crippen LogP contribution in [0.5, 0.6) is 0 Å². The smallest absolute Gasteiger partial charge is 0.0513 e. The van der Waals surface area contributed by atoms with Crippen LogP contribution in [0.1, 0.15) is 6.92 Å². The Labute approximate surface area is 50.2 Å². The highest BCUT2D eigenvalue weighted by Crippen LogP contribution is 1.96. The largest absolute Gasteiger partial charge is 0.297 e. The van der Waals surface area contributed by atoms with Crippen LogP contribution >= 0.6 is 0 Å². The Morgan fingerprint density at radius 3 is 2.88 bits per heavy atom. The van der Waals surface area contributed by atoms with Crippen molar-refractivity contribution in [1.29, 1.82) is 0 Å². The molecule has 0 N–H and O–H groups in total. The van der Waals surface area contributed by atoms with E-state index in [-0.39, 0.29) is 0 Å². The summed E-state index contributed by atoms with van der Waals surface area (Å²) in [5, 5.41) is 0. The highest BCUT2D eigenvalue weighted by Gasteiger charge is 2.07. The summed E-state index contributed by atoms with van der Waals surface area (Å²) in [7, 11) is 2.12. The first-order valence-corrected chi connectivity index (χ1v) is 3.01. The van der Waals surface area contributed by atoms with Gasteiger partial charge < -0.3 is 0 Å². The molecule has 1 aliphatic rings. The molecule has 1 rings (SSSR count). The van der Waals surface area contributed by atoms with Crippen molar-refractivity contribution in [1.82, 2.24) is 4.90 Å². The molecule has 0 spiro atoms. The third kappa shape index (κ3) is 1.07. The second kappa shape index (κ2) is 2.27. The minimum atomic E-state index is 0.545. The monoisotopic (exact) mass is 112 g/mol. The van der Waals surface area contributed by atoms with Gasteiger partial charge in [0, 0.05) is 18.8 Å². The zero-order valence-corrected chi connectivity index (χ0v) is 5.46. The number of aliphatic imine (C=N–C) groups is 1. The minimum absolute atomic E-state index is 0.545. The zero-order chi connectivity index (χ0) is 5.98. The molecule has 0 amide bonds. The Hall–Kier alpha value is -0.370. The molecule has 0 aromatic heterocycles. The predicted molar refractivity (Wildman–Crippen MR) is 35.5 cm³/mol. The van der Waals surface area contributed by atoms with Gasteiger partial charge in [-0.05, 0) is 14.0 Å². The van der Waals surface area contributed by atoms with Gasteiger partial charge in [-0.1, -0.05) is 0 Å². The fourth-order valence-electron chi connectivity index (χ4n) is 0.760. The molecule has 46 valence electrons. The van der Waals surface area contributed by atoms with Gasteiger partial charge in [-0.2, -0.15) is 0 Å². The first-order chi connectivity index (χ1) is 3.80. The summed E-state index contributed by atoms with van der Waals surface area (Å²) in [5.41, 5.74) is 0. The number of hydrogen-bond acceptors (Lipinski definition) is 2. The maximum absolute atomic E-state index is 4.14. The summed E-state index contributed by atoms with van der Waals surface area (Å²) in [6.45, 7) is 4.24. The van der Waals surface area contributed by atoms with Gasteiger partial charge in [-0.3, -0.25) is 9.89 Å². The summed E-state index contributed by atoms with van der Waals surface area (Å²) in [4.78, 5) is 6.43. The van der Waals surface area contributed by atoms with Gasteiger partial charge in [0.1, 0.15) is 0 Å². The molecule has 0 fully saturated rings. The molecule has 0 saturated heterocycles. The van der Waals surface area contributed by atoms with Crippen molar-refractivity contribution >= 4 is 6.21 Å². The molecule has 0 aliphatic carbocycles. The molecule has 0 bridgehead atoms. The van der Waals surface area contributed by atoms with Gasteiger partial charge in [-0.15, -0.1) is 0 Å². The molecular formula is C6H12N2. The van der Waals surface area contributed by atoms with Crippen molar-refractivity contribution in [3.05, 3.63) is 0 Å². The van der Waals surface area contributed by atoms with Crippen molar-refractivity contribution in [3.8, 4) is 0 Å². The van der Waals surface area contributed by atoms with E-state index in [1.807, 2.05) is 6.21 Å². The SMILES string of the molecule is CC1C=NCCN1C. The topological polar surface area (TPSA) is 15.6 Å². The highest BCUT2D eigenvalue weighted by molar-refractivity contribution is 5.64. The molecule has 8 heavy (non-hydrogen) atoms. The van der Waals surface area contributed by atoms with E-state index >= 15 is 0 Å². The van der Waals surface area contributed by atoms with Gasteiger partial charge in [0.25, 0.3) is 0 Å². The van der Waals surface area contributed by atoms with Gasteiger partial charge in [-0.25, -0.2) is 0 Å². The number of nitrogens with zero attached hydrogens (tertiary/aromatic N) is 2. The Morgan fingerprint density at radius 2 is 2.50 bits per heavy atom. The second-order valence-corrected chi connectivity index (χ2v) is 2.28. The van der Waals surface area contributed by atoms with E-state index in [1.54, 1.807) is 0 Å². The van der Waals surface area contributed by atoms with Crippen LogP contribution in [-0.2, 0) is 0 Å². The van der Waals surface area contributed by atoms with Gasteiger partial charge in [0.05, 0.1) is 6.54 Å². The zero-order valence-electron chi connectivity index (χ0n) is 5.46. The molecule has 2 nitrogen and oxygen atoms in total. The molecule has 1 heterocycles. The summed E-state index contributed by atoms with van der Waals surface area (Å²) in [6, 6.07) is 0.545. The molecule has 0 radical (unpaired) electrons. The van der Waals surface area contributed by atoms with Gasteiger partial charge in [0.15, 0.2) is 0 Å². The lowest BCUT2D eigenvalue weighted by molar-refractivity contribution is 0.312. The molecular weight excluding hydrogens is 100 g/mol. The second-order valence-electron chi connectivity index (χ2n) is 2.28. The van der Waals surface area contributed by atoms with Crippen LogP contribution in [0.4, 0.5) is 0 Å². The highest BCUT2D eigenvalue weighted by atomic mass is 15.2. The van der Waals surface area contributed by atoms with Crippen molar-refractivity contribution < 1.29 is 0 Å². The lowest BCUT2D eigenvalue weighted by Gasteiger charge is -2.23. The van der Waals surface area contributed by atoms with Crippen LogP contribution < -0.4 is 0 Å². The summed E-state index contributed by atoms with van der Waals surface area (Å²) in [5.74, 6) is 0. The van der Waals surface area contributed by atoms with E-state index < -0.39 is 0 Å². The molecule has 0 aromatic carbocycles. The Morgan fingerprint density at radius 1 is 1.75 bits per heavy atom. The first-order valence-electron chi connectivity index (χ1n) is 3.01. The molecule has 0 saturated carbocycles. The maximum Gasteiger partial charge on any atom is 0.0513 e. The van der Waals surface area contributed by atoms with Crippen LogP contribution in [0.2, 0.25) is 0 Å². The fourth-order valence-corrected chi connectivity index (χ4v) is 0.760. The lowest BCUT2D eigenvalue weighted by Crippen LogP contribution is -2.35. The molecule has 1 unspecified atom stereocenters. The van der Waals surface area contributed by atoms with Crippen molar-refractivity contribution in [2.24, 2.45) is 4.99 Å². The van der Waals surface area contributed by atoms with E-state index in [4.69, 9.17) is 0 Å². The van der Waals surface area contributed by atoms with E-state index in [0.29, 0.717) is 6.04 Å². The van der Waals surface area contributed by atoms with Crippen LogP contribution in [0.3, 0.4) is 0 Å². The quantitative estimate of drug-likeness (QED) is 0.442. The van der Waals surface area contributed by atoms with Crippen LogP contribution in [0.15, 0.2) is 4.99 Å². The van der Waals surface area contributed by atoms with E-state index in [0.717, 1.165) is 13.1 Å². The summed E-state index contributed by atoms with van der Waals surface area (Å²) >= 11 is 0. The van der Waals surface area contributed by atoms with Crippen molar-refractivity contribution in [2.45, 2.75) is 13.0 Å². The van der Waals surface area contributed by atoms with E-state index in [2.05, 4.69) is 23.9 Å². The third-order valence-corrected chi connectivity index (χ3v) is 1.60. The van der Waals surface area contributed by atoms with Crippen molar-refractivity contribution in [2.75, 3.05) is 20.1 Å². The molecule has 1 atom stereocenters. The van der Waals surface area contributed by atoms with E-state index in [1.165, 1.54) is 0 Å². The number of hydrogen-bond donors (Lipinski definition) is 0. The number of likely N-dealkylation sites (N-methyl/N-ethyl adjacent to an activating group) is 1. The predicted octanol–water partition coefficient (Wildman–Crippen LogP) is 0.391. The Bertz CT molecular complexity index is 98.7. The fraction of sp³-hybridized carbons (Fsp3) is 0.833. The van der Waals surface area contributed by atoms with Crippen LogP contribution in [0, 0.1) is 0 Å². The van der Waals surface area contributed by atoms with Gasteiger partial charge >= 0.3 is 0 Å². The lowest BCUT2D eigenvalue weighted by atomic mass is 10.3. The Kier molecular flexibility index (Phi) is 1.63. The van der Waals surface area contributed by atoms with Crippen LogP contribution in [-0.4, -0.2) is 37.3 Å². The average molecular weight is 112 g/mol. The Balaban J connectivity index is 2.47.